The fourth-order valence-electron chi connectivity index (χ4n) is 0.875. The second-order valence-electron chi connectivity index (χ2n) is 3.51. The van der Waals surface area contributed by atoms with Crippen LogP contribution in [0.25, 0.3) is 0 Å². The average molecular weight is 199 g/mol. The molecule has 13 heavy (non-hydrogen) atoms. The van der Waals surface area contributed by atoms with Crippen LogP contribution in [-0.2, 0) is 0 Å². The van der Waals surface area contributed by atoms with Gasteiger partial charge in [-0.3, -0.25) is 0 Å². The maximum absolute atomic E-state index is 11.8. The minimum atomic E-state index is -4.28. The third-order valence-corrected chi connectivity index (χ3v) is 1.85. The fraction of sp³-hybridized carbons (Fsp3) is 1.00. The lowest BCUT2D eigenvalue weighted by molar-refractivity contribution is -0.155. The summed E-state index contributed by atoms with van der Waals surface area (Å²) in [5.74, 6) is 0. The van der Waals surface area contributed by atoms with Gasteiger partial charge in [0.25, 0.3) is 0 Å². The van der Waals surface area contributed by atoms with Gasteiger partial charge in [-0.15, -0.1) is 0 Å². The van der Waals surface area contributed by atoms with E-state index >= 15 is 0 Å². The molecule has 0 aromatic rings. The lowest BCUT2D eigenvalue weighted by Gasteiger charge is -2.24. The quantitative estimate of drug-likeness (QED) is 0.744. The van der Waals surface area contributed by atoms with Gasteiger partial charge in [-0.25, -0.2) is 0 Å². The number of rotatable bonds is 4. The van der Waals surface area contributed by atoms with E-state index in [1.807, 2.05) is 13.8 Å². The standard InChI is InChI=1S/C8H16F3NO/c1-6(2)12(3)5-7(13)4-8(9,10)11/h6-7,13H,4-5H2,1-3H3. The van der Waals surface area contributed by atoms with E-state index in [0.29, 0.717) is 0 Å². The molecular formula is C8H16F3NO. The predicted molar refractivity (Wildman–Crippen MR) is 44.4 cm³/mol. The third-order valence-electron chi connectivity index (χ3n) is 1.85. The molecular weight excluding hydrogens is 183 g/mol. The van der Waals surface area contributed by atoms with Crippen LogP contribution >= 0.6 is 0 Å². The molecule has 0 aliphatic heterocycles. The third kappa shape index (κ3) is 6.83. The summed E-state index contributed by atoms with van der Waals surface area (Å²) in [5, 5.41) is 9.04. The van der Waals surface area contributed by atoms with Gasteiger partial charge >= 0.3 is 6.18 Å². The van der Waals surface area contributed by atoms with Gasteiger partial charge in [0.2, 0.25) is 0 Å². The Balaban J connectivity index is 3.81. The molecule has 0 radical (unpaired) electrons. The Morgan fingerprint density at radius 3 is 2.08 bits per heavy atom. The molecule has 1 unspecified atom stereocenters. The topological polar surface area (TPSA) is 23.5 Å². The first-order valence-corrected chi connectivity index (χ1v) is 4.17. The van der Waals surface area contributed by atoms with Crippen molar-refractivity contribution in [2.45, 2.75) is 38.6 Å². The molecule has 0 aliphatic carbocycles. The van der Waals surface area contributed by atoms with Crippen LogP contribution in [-0.4, -0.2) is 41.9 Å². The molecule has 0 spiro atoms. The van der Waals surface area contributed by atoms with Crippen LogP contribution in [0.2, 0.25) is 0 Å². The van der Waals surface area contributed by atoms with E-state index in [0.717, 1.165) is 0 Å². The Hall–Kier alpha value is -0.290. The van der Waals surface area contributed by atoms with Gasteiger partial charge < -0.3 is 10.0 Å². The first-order chi connectivity index (χ1) is 5.72. The molecule has 5 heteroatoms. The Kier molecular flexibility index (Phi) is 4.70. The SMILES string of the molecule is CC(C)N(C)CC(O)CC(F)(F)F. The second kappa shape index (κ2) is 4.81. The van der Waals surface area contributed by atoms with Crippen LogP contribution in [0.5, 0.6) is 0 Å². The van der Waals surface area contributed by atoms with Crippen molar-refractivity contribution in [1.29, 1.82) is 0 Å². The van der Waals surface area contributed by atoms with E-state index in [1.54, 1.807) is 11.9 Å². The maximum atomic E-state index is 11.8. The van der Waals surface area contributed by atoms with Crippen molar-refractivity contribution in [1.82, 2.24) is 4.90 Å². The normalized spacial score (nSPS) is 15.5. The maximum Gasteiger partial charge on any atom is 0.391 e. The number of likely N-dealkylation sites (N-methyl/N-ethyl adjacent to an activating group) is 1. The molecule has 2 nitrogen and oxygen atoms in total. The number of hydrogen-bond acceptors (Lipinski definition) is 2. The fourth-order valence-corrected chi connectivity index (χ4v) is 0.875. The average Bonchev–Trinajstić information content (AvgIpc) is 1.81. The summed E-state index contributed by atoms with van der Waals surface area (Å²) in [6.45, 7) is 3.78. The summed E-state index contributed by atoms with van der Waals surface area (Å²) in [7, 11) is 1.68. The van der Waals surface area contributed by atoms with Crippen LogP contribution in [0.3, 0.4) is 0 Å². The number of alkyl halides is 3. The van der Waals surface area contributed by atoms with Gasteiger partial charge in [0, 0.05) is 12.6 Å². The first kappa shape index (κ1) is 12.7. The van der Waals surface area contributed by atoms with E-state index in [-0.39, 0.29) is 12.6 Å². The number of halogens is 3. The highest BCUT2D eigenvalue weighted by Gasteiger charge is 2.31. The summed E-state index contributed by atoms with van der Waals surface area (Å²) in [6.07, 6.45) is -6.74. The molecule has 1 atom stereocenters. The smallest absolute Gasteiger partial charge is 0.391 e. The Labute approximate surface area is 76.3 Å². The van der Waals surface area contributed by atoms with Crippen molar-refractivity contribution in [2.24, 2.45) is 0 Å². The van der Waals surface area contributed by atoms with E-state index < -0.39 is 18.7 Å². The van der Waals surface area contributed by atoms with Gasteiger partial charge in [-0.2, -0.15) is 13.2 Å². The van der Waals surface area contributed by atoms with Crippen LogP contribution in [0.15, 0.2) is 0 Å². The molecule has 0 aromatic heterocycles. The van der Waals surface area contributed by atoms with E-state index in [1.165, 1.54) is 0 Å². The van der Waals surface area contributed by atoms with Crippen LogP contribution < -0.4 is 0 Å². The molecule has 0 saturated carbocycles. The van der Waals surface area contributed by atoms with Crippen molar-refractivity contribution in [3.8, 4) is 0 Å². The zero-order valence-corrected chi connectivity index (χ0v) is 8.10. The molecule has 0 amide bonds. The monoisotopic (exact) mass is 199 g/mol. The van der Waals surface area contributed by atoms with Crippen LogP contribution in [0.1, 0.15) is 20.3 Å². The van der Waals surface area contributed by atoms with Gasteiger partial charge in [0.15, 0.2) is 0 Å². The van der Waals surface area contributed by atoms with Crippen LogP contribution in [0, 0.1) is 0 Å². The predicted octanol–water partition coefficient (Wildman–Crippen LogP) is 1.64. The summed E-state index contributed by atoms with van der Waals surface area (Å²) >= 11 is 0. The number of nitrogens with zero attached hydrogens (tertiary/aromatic N) is 1. The van der Waals surface area contributed by atoms with E-state index in [4.69, 9.17) is 5.11 Å². The molecule has 0 rings (SSSR count). The van der Waals surface area contributed by atoms with Gasteiger partial charge in [-0.05, 0) is 20.9 Å². The number of aliphatic hydroxyl groups is 1. The number of hydrogen-bond donors (Lipinski definition) is 1. The summed E-state index contributed by atoms with van der Waals surface area (Å²) in [4.78, 5) is 1.68. The minimum Gasteiger partial charge on any atom is -0.391 e. The van der Waals surface area contributed by atoms with E-state index in [2.05, 4.69) is 0 Å². The molecule has 0 aliphatic rings. The highest BCUT2D eigenvalue weighted by molar-refractivity contribution is 4.67. The van der Waals surface area contributed by atoms with Crippen molar-refractivity contribution < 1.29 is 18.3 Å². The van der Waals surface area contributed by atoms with E-state index in [9.17, 15) is 13.2 Å². The zero-order chi connectivity index (χ0) is 10.6. The zero-order valence-electron chi connectivity index (χ0n) is 8.10. The largest absolute Gasteiger partial charge is 0.391 e. The molecule has 0 bridgehead atoms. The Morgan fingerprint density at radius 1 is 1.31 bits per heavy atom. The highest BCUT2D eigenvalue weighted by atomic mass is 19.4. The Bertz CT molecular complexity index is 147. The lowest BCUT2D eigenvalue weighted by atomic mass is 10.2. The second-order valence-corrected chi connectivity index (χ2v) is 3.51. The summed E-state index contributed by atoms with van der Waals surface area (Å²) in [5.41, 5.74) is 0. The first-order valence-electron chi connectivity index (χ1n) is 4.17. The molecule has 0 heterocycles. The molecule has 0 aromatic carbocycles. The highest BCUT2D eigenvalue weighted by Crippen LogP contribution is 2.21. The van der Waals surface area contributed by atoms with Crippen molar-refractivity contribution in [3.05, 3.63) is 0 Å². The minimum absolute atomic E-state index is 0.0528. The lowest BCUT2D eigenvalue weighted by Crippen LogP contribution is -2.36. The molecule has 0 fully saturated rings. The molecule has 80 valence electrons. The molecule has 1 N–H and O–H groups in total. The van der Waals surface area contributed by atoms with Gasteiger partial charge in [0.1, 0.15) is 0 Å². The van der Waals surface area contributed by atoms with Crippen molar-refractivity contribution >= 4 is 0 Å². The number of aliphatic hydroxyl groups excluding tert-OH is 1. The van der Waals surface area contributed by atoms with Crippen molar-refractivity contribution in [2.75, 3.05) is 13.6 Å². The van der Waals surface area contributed by atoms with Gasteiger partial charge in [0.05, 0.1) is 12.5 Å². The Morgan fingerprint density at radius 2 is 1.77 bits per heavy atom. The summed E-state index contributed by atoms with van der Waals surface area (Å²) in [6, 6.07) is 0.142. The van der Waals surface area contributed by atoms with Crippen LogP contribution in [0.4, 0.5) is 13.2 Å². The molecule has 0 saturated heterocycles. The van der Waals surface area contributed by atoms with Crippen molar-refractivity contribution in [3.63, 3.8) is 0 Å². The summed E-state index contributed by atoms with van der Waals surface area (Å²) < 4.78 is 35.3. The van der Waals surface area contributed by atoms with Gasteiger partial charge in [-0.1, -0.05) is 0 Å².